The van der Waals surface area contributed by atoms with E-state index in [1.54, 1.807) is 4.90 Å². The van der Waals surface area contributed by atoms with Crippen molar-refractivity contribution in [2.24, 2.45) is 0 Å². The van der Waals surface area contributed by atoms with E-state index in [0.29, 0.717) is 13.1 Å². The summed E-state index contributed by atoms with van der Waals surface area (Å²) >= 11 is 0. The van der Waals surface area contributed by atoms with Crippen LogP contribution in [0.3, 0.4) is 0 Å². The standard InChI is InChI=1S/C11H14N2O4/c1-3-12(4-2)11(15)8-5-6-9(13(16)17)10(14)7-8/h5-7,14H,3-4H2,1-2H3. The van der Waals surface area contributed by atoms with Crippen molar-refractivity contribution in [2.75, 3.05) is 13.1 Å². The fraction of sp³-hybridized carbons (Fsp3) is 0.364. The molecule has 0 unspecified atom stereocenters. The minimum atomic E-state index is -0.693. The number of carbonyl (C=O) groups excluding carboxylic acids is 1. The number of rotatable bonds is 4. The molecule has 1 N–H and O–H groups in total. The quantitative estimate of drug-likeness (QED) is 0.640. The Labute approximate surface area is 98.6 Å². The van der Waals surface area contributed by atoms with Crippen LogP contribution in [0.15, 0.2) is 18.2 Å². The van der Waals surface area contributed by atoms with Gasteiger partial charge in [-0.1, -0.05) is 0 Å². The SMILES string of the molecule is CCN(CC)C(=O)c1ccc([N+](=O)[O-])c(O)c1. The van der Waals surface area contributed by atoms with Gasteiger partial charge in [0.25, 0.3) is 5.91 Å². The third-order valence-corrected chi connectivity index (χ3v) is 2.47. The number of nitro benzene ring substituents is 1. The molecular weight excluding hydrogens is 224 g/mol. The Bertz CT molecular complexity index is 441. The second-order valence-electron chi connectivity index (χ2n) is 3.44. The van der Waals surface area contributed by atoms with Crippen molar-refractivity contribution < 1.29 is 14.8 Å². The van der Waals surface area contributed by atoms with Crippen molar-refractivity contribution in [3.05, 3.63) is 33.9 Å². The van der Waals surface area contributed by atoms with E-state index in [4.69, 9.17) is 0 Å². The van der Waals surface area contributed by atoms with Crippen LogP contribution in [0.1, 0.15) is 24.2 Å². The van der Waals surface area contributed by atoms with Gasteiger partial charge >= 0.3 is 5.69 Å². The van der Waals surface area contributed by atoms with E-state index >= 15 is 0 Å². The zero-order chi connectivity index (χ0) is 13.0. The largest absolute Gasteiger partial charge is 0.502 e. The number of phenols is 1. The monoisotopic (exact) mass is 238 g/mol. The molecule has 0 saturated carbocycles. The Morgan fingerprint density at radius 1 is 1.41 bits per heavy atom. The van der Waals surface area contributed by atoms with E-state index < -0.39 is 16.4 Å². The van der Waals surface area contributed by atoms with Crippen molar-refractivity contribution in [1.29, 1.82) is 0 Å². The van der Waals surface area contributed by atoms with Crippen molar-refractivity contribution in [1.82, 2.24) is 4.90 Å². The van der Waals surface area contributed by atoms with Crippen molar-refractivity contribution in [2.45, 2.75) is 13.8 Å². The second-order valence-corrected chi connectivity index (χ2v) is 3.44. The summed E-state index contributed by atoms with van der Waals surface area (Å²) in [5.41, 5.74) is -0.155. The van der Waals surface area contributed by atoms with E-state index in [9.17, 15) is 20.0 Å². The van der Waals surface area contributed by atoms with Crippen LogP contribution < -0.4 is 0 Å². The lowest BCUT2D eigenvalue weighted by atomic mass is 10.1. The van der Waals surface area contributed by atoms with Gasteiger partial charge in [-0.2, -0.15) is 0 Å². The van der Waals surface area contributed by atoms with Crippen LogP contribution in [-0.2, 0) is 0 Å². The number of nitro groups is 1. The zero-order valence-corrected chi connectivity index (χ0v) is 9.71. The second kappa shape index (κ2) is 5.29. The Morgan fingerprint density at radius 3 is 2.41 bits per heavy atom. The molecule has 0 aliphatic rings. The van der Waals surface area contributed by atoms with Gasteiger partial charge in [0, 0.05) is 24.7 Å². The Hall–Kier alpha value is -2.11. The van der Waals surface area contributed by atoms with Crippen LogP contribution in [0.4, 0.5) is 5.69 Å². The van der Waals surface area contributed by atoms with Crippen LogP contribution in [-0.4, -0.2) is 33.9 Å². The molecule has 0 bridgehead atoms. The summed E-state index contributed by atoms with van der Waals surface area (Å²) in [7, 11) is 0. The molecule has 1 rings (SSSR count). The lowest BCUT2D eigenvalue weighted by Gasteiger charge is -2.18. The Balaban J connectivity index is 3.05. The minimum absolute atomic E-state index is 0.247. The van der Waals surface area contributed by atoms with Crippen molar-refractivity contribution >= 4 is 11.6 Å². The average molecular weight is 238 g/mol. The molecule has 6 heteroatoms. The molecular formula is C11H14N2O4. The maximum absolute atomic E-state index is 11.9. The molecule has 0 heterocycles. The van der Waals surface area contributed by atoms with Gasteiger partial charge in [0.15, 0.2) is 5.75 Å². The molecule has 92 valence electrons. The minimum Gasteiger partial charge on any atom is -0.502 e. The fourth-order valence-electron chi connectivity index (χ4n) is 1.50. The van der Waals surface area contributed by atoms with Gasteiger partial charge in [-0.3, -0.25) is 14.9 Å². The highest BCUT2D eigenvalue weighted by Crippen LogP contribution is 2.26. The number of nitrogens with zero attached hydrogens (tertiary/aromatic N) is 2. The molecule has 1 aromatic rings. The van der Waals surface area contributed by atoms with Crippen molar-refractivity contribution in [3.8, 4) is 5.75 Å². The van der Waals surface area contributed by atoms with Crippen molar-refractivity contribution in [3.63, 3.8) is 0 Å². The molecule has 0 aromatic heterocycles. The van der Waals surface area contributed by atoms with Gasteiger partial charge in [0.05, 0.1) is 4.92 Å². The fourth-order valence-corrected chi connectivity index (χ4v) is 1.50. The molecule has 0 aliphatic heterocycles. The molecule has 1 aromatic carbocycles. The molecule has 0 saturated heterocycles. The predicted molar refractivity (Wildman–Crippen MR) is 62.0 cm³/mol. The van der Waals surface area contributed by atoms with Crippen LogP contribution in [0.5, 0.6) is 5.75 Å². The summed E-state index contributed by atoms with van der Waals surface area (Å²) in [4.78, 5) is 23.3. The number of amides is 1. The maximum Gasteiger partial charge on any atom is 0.310 e. The Morgan fingerprint density at radius 2 is 2.00 bits per heavy atom. The van der Waals surface area contributed by atoms with E-state index in [0.717, 1.165) is 12.1 Å². The third kappa shape index (κ3) is 2.72. The van der Waals surface area contributed by atoms with Crippen LogP contribution in [0.25, 0.3) is 0 Å². The van der Waals surface area contributed by atoms with Gasteiger partial charge < -0.3 is 10.0 Å². The lowest BCUT2D eigenvalue weighted by Crippen LogP contribution is -2.30. The highest BCUT2D eigenvalue weighted by molar-refractivity contribution is 5.95. The number of benzene rings is 1. The number of hydrogen-bond acceptors (Lipinski definition) is 4. The van der Waals surface area contributed by atoms with E-state index in [1.807, 2.05) is 13.8 Å². The predicted octanol–water partition coefficient (Wildman–Crippen LogP) is 1.78. The topological polar surface area (TPSA) is 83.7 Å². The maximum atomic E-state index is 11.9. The van der Waals surface area contributed by atoms with Crippen LogP contribution in [0.2, 0.25) is 0 Å². The van der Waals surface area contributed by atoms with Gasteiger partial charge in [-0.15, -0.1) is 0 Å². The molecule has 17 heavy (non-hydrogen) atoms. The molecule has 0 atom stereocenters. The highest BCUT2D eigenvalue weighted by atomic mass is 16.6. The summed E-state index contributed by atoms with van der Waals surface area (Å²) in [6.45, 7) is 4.78. The first-order valence-electron chi connectivity index (χ1n) is 5.27. The zero-order valence-electron chi connectivity index (χ0n) is 9.71. The van der Waals surface area contributed by atoms with Crippen LogP contribution >= 0.6 is 0 Å². The van der Waals surface area contributed by atoms with E-state index in [2.05, 4.69) is 0 Å². The molecule has 0 spiro atoms. The third-order valence-electron chi connectivity index (χ3n) is 2.47. The van der Waals surface area contributed by atoms with Gasteiger partial charge in [-0.05, 0) is 26.0 Å². The average Bonchev–Trinajstić information content (AvgIpc) is 2.29. The molecule has 6 nitrogen and oxygen atoms in total. The smallest absolute Gasteiger partial charge is 0.310 e. The molecule has 0 aliphatic carbocycles. The number of carbonyl (C=O) groups is 1. The number of phenolic OH excluding ortho intramolecular Hbond substituents is 1. The molecule has 0 radical (unpaired) electrons. The van der Waals surface area contributed by atoms with Crippen LogP contribution in [0, 0.1) is 10.1 Å². The summed E-state index contributed by atoms with van der Waals surface area (Å²) in [6, 6.07) is 3.60. The summed E-state index contributed by atoms with van der Waals surface area (Å²) in [6.07, 6.45) is 0. The first-order valence-corrected chi connectivity index (χ1v) is 5.27. The number of hydrogen-bond donors (Lipinski definition) is 1. The van der Waals surface area contributed by atoms with Gasteiger partial charge in [-0.25, -0.2) is 0 Å². The van der Waals surface area contributed by atoms with Gasteiger partial charge in [0.1, 0.15) is 0 Å². The summed E-state index contributed by atoms with van der Waals surface area (Å²) < 4.78 is 0. The van der Waals surface area contributed by atoms with E-state index in [-0.39, 0.29) is 11.5 Å². The lowest BCUT2D eigenvalue weighted by molar-refractivity contribution is -0.385. The number of aromatic hydroxyl groups is 1. The van der Waals surface area contributed by atoms with E-state index in [1.165, 1.54) is 6.07 Å². The molecule has 1 amide bonds. The van der Waals surface area contributed by atoms with Gasteiger partial charge in [0.2, 0.25) is 0 Å². The Kier molecular flexibility index (Phi) is 4.03. The highest BCUT2D eigenvalue weighted by Gasteiger charge is 2.18. The first kappa shape index (κ1) is 13.0. The normalized spacial score (nSPS) is 10.0. The summed E-state index contributed by atoms with van der Waals surface area (Å²) in [5.74, 6) is -0.742. The first-order chi connectivity index (χ1) is 8.01. The summed E-state index contributed by atoms with van der Waals surface area (Å²) in [5, 5.41) is 19.9. The molecule has 0 fully saturated rings.